The minimum Gasteiger partial charge on any atom is -0.369 e. The zero-order valence-corrected chi connectivity index (χ0v) is 23.3. The van der Waals surface area contributed by atoms with Crippen molar-refractivity contribution in [3.05, 3.63) is 71.0 Å². The Morgan fingerprint density at radius 1 is 0.814 bits per heavy atom. The van der Waals surface area contributed by atoms with Gasteiger partial charge in [0.15, 0.2) is 0 Å². The van der Waals surface area contributed by atoms with Crippen molar-refractivity contribution in [2.75, 3.05) is 26.2 Å². The van der Waals surface area contributed by atoms with Crippen LogP contribution < -0.4 is 0 Å². The van der Waals surface area contributed by atoms with E-state index in [1.54, 1.807) is 9.80 Å². The molecule has 0 bridgehead atoms. The Morgan fingerprint density at radius 2 is 1.26 bits per heavy atom. The quantitative estimate of drug-likeness (QED) is 0.443. The fourth-order valence-electron chi connectivity index (χ4n) is 5.86. The van der Waals surface area contributed by atoms with E-state index in [-0.39, 0.29) is 38.0 Å². The van der Waals surface area contributed by atoms with E-state index in [1.807, 2.05) is 6.07 Å². The van der Waals surface area contributed by atoms with Gasteiger partial charge in [0.1, 0.15) is 11.2 Å². The number of benzene rings is 2. The van der Waals surface area contributed by atoms with Gasteiger partial charge in [-0.05, 0) is 49.9 Å². The van der Waals surface area contributed by atoms with Crippen molar-refractivity contribution in [2.45, 2.75) is 56.5 Å². The standard InChI is InChI=1S/C30H30F7N3O3/c1-27(2,17-38)26(42)39-13-11-20(12-14-39)25(41)40-15-23(24(16-40)19-5-9-22(31)10-6-19)18-3-7-21(8-4-18)28(43,29(32,33)34)30(35,36)37/h3-10,20,23-24,43H,11-16H2,1-2H3/t23?,24-/m1/s1. The molecule has 1 unspecified atom stereocenters. The number of carbonyl (C=O) groups excluding carboxylic acids is 2. The normalized spacial score (nSPS) is 20.7. The molecule has 232 valence electrons. The Morgan fingerprint density at radius 3 is 1.67 bits per heavy atom. The first-order valence-corrected chi connectivity index (χ1v) is 13.6. The van der Waals surface area contributed by atoms with Crippen LogP contribution in [0.25, 0.3) is 0 Å². The molecule has 0 radical (unpaired) electrons. The molecule has 0 aliphatic carbocycles. The Balaban J connectivity index is 1.58. The van der Waals surface area contributed by atoms with Crippen LogP contribution in [0.1, 0.15) is 55.2 Å². The van der Waals surface area contributed by atoms with Crippen LogP contribution in [0.15, 0.2) is 48.5 Å². The predicted molar refractivity (Wildman–Crippen MR) is 140 cm³/mol. The maximum absolute atomic E-state index is 13.7. The number of nitriles is 1. The second-order valence-electron chi connectivity index (χ2n) is 11.6. The third-order valence-corrected chi connectivity index (χ3v) is 8.45. The molecule has 2 fully saturated rings. The lowest BCUT2D eigenvalue weighted by Gasteiger charge is -2.35. The lowest BCUT2D eigenvalue weighted by molar-refractivity contribution is -0.376. The molecule has 2 atom stereocenters. The van der Waals surface area contributed by atoms with Gasteiger partial charge in [0.05, 0.1) is 6.07 Å². The van der Waals surface area contributed by atoms with Gasteiger partial charge in [-0.2, -0.15) is 31.6 Å². The molecule has 2 heterocycles. The Hall–Kier alpha value is -3.66. The second-order valence-corrected chi connectivity index (χ2v) is 11.6. The van der Waals surface area contributed by atoms with Crippen molar-refractivity contribution in [2.24, 2.45) is 11.3 Å². The van der Waals surface area contributed by atoms with Crippen LogP contribution in [0.5, 0.6) is 0 Å². The van der Waals surface area contributed by atoms with E-state index >= 15 is 0 Å². The Labute approximate surface area is 243 Å². The third kappa shape index (κ3) is 6.07. The minimum atomic E-state index is -6.02. The van der Waals surface area contributed by atoms with Gasteiger partial charge >= 0.3 is 12.4 Å². The summed E-state index contributed by atoms with van der Waals surface area (Å²) in [5, 5.41) is 19.0. The number of halogens is 7. The molecule has 2 aromatic rings. The maximum atomic E-state index is 13.7. The first-order valence-electron chi connectivity index (χ1n) is 13.6. The van der Waals surface area contributed by atoms with Crippen LogP contribution in [0.2, 0.25) is 0 Å². The molecule has 13 heteroatoms. The van der Waals surface area contributed by atoms with E-state index in [0.29, 0.717) is 36.1 Å². The number of piperidine rings is 1. The van der Waals surface area contributed by atoms with Crippen LogP contribution in [-0.2, 0) is 15.2 Å². The number of rotatable bonds is 5. The van der Waals surface area contributed by atoms with Gasteiger partial charge in [0.25, 0.3) is 5.60 Å². The van der Waals surface area contributed by atoms with E-state index in [2.05, 4.69) is 0 Å². The van der Waals surface area contributed by atoms with Gasteiger partial charge in [0, 0.05) is 49.5 Å². The number of carbonyl (C=O) groups is 2. The van der Waals surface area contributed by atoms with E-state index in [0.717, 1.165) is 12.1 Å². The molecule has 43 heavy (non-hydrogen) atoms. The van der Waals surface area contributed by atoms with Crippen molar-refractivity contribution in [3.63, 3.8) is 0 Å². The highest BCUT2D eigenvalue weighted by Crippen LogP contribution is 2.50. The topological polar surface area (TPSA) is 84.6 Å². The van der Waals surface area contributed by atoms with Crippen molar-refractivity contribution >= 4 is 11.8 Å². The van der Waals surface area contributed by atoms with Crippen LogP contribution in [0.3, 0.4) is 0 Å². The van der Waals surface area contributed by atoms with Gasteiger partial charge in [-0.3, -0.25) is 9.59 Å². The number of amides is 2. The molecule has 0 aromatic heterocycles. The highest BCUT2D eigenvalue weighted by atomic mass is 19.4. The van der Waals surface area contributed by atoms with Gasteiger partial charge < -0.3 is 14.9 Å². The largest absolute Gasteiger partial charge is 0.430 e. The zero-order valence-electron chi connectivity index (χ0n) is 23.3. The molecule has 2 aliphatic heterocycles. The first kappa shape index (κ1) is 32.3. The lowest BCUT2D eigenvalue weighted by Crippen LogP contribution is -2.53. The molecule has 6 nitrogen and oxygen atoms in total. The first-order chi connectivity index (χ1) is 19.9. The summed E-state index contributed by atoms with van der Waals surface area (Å²) in [5.41, 5.74) is -6.68. The van der Waals surface area contributed by atoms with E-state index in [1.165, 1.54) is 38.1 Å². The number of aliphatic hydroxyl groups is 1. The molecule has 2 aromatic carbocycles. The van der Waals surface area contributed by atoms with Crippen molar-refractivity contribution in [3.8, 4) is 6.07 Å². The van der Waals surface area contributed by atoms with Gasteiger partial charge in [-0.1, -0.05) is 36.4 Å². The molecular formula is C30H30F7N3O3. The van der Waals surface area contributed by atoms with E-state index in [4.69, 9.17) is 0 Å². The SMILES string of the molecule is CC(C)(C#N)C(=O)N1CCC(C(=O)N2CC(c3ccc(C(O)(C(F)(F)F)C(F)(F)F)cc3)[C@@H](c3ccc(F)cc3)C2)CC1. The molecular weight excluding hydrogens is 583 g/mol. The summed E-state index contributed by atoms with van der Waals surface area (Å²) >= 11 is 0. The summed E-state index contributed by atoms with van der Waals surface area (Å²) in [6.07, 6.45) is -11.3. The van der Waals surface area contributed by atoms with Gasteiger partial charge in [-0.25, -0.2) is 4.39 Å². The average Bonchev–Trinajstić information content (AvgIpc) is 3.41. The molecule has 2 amide bonds. The fraction of sp³-hybridized carbons (Fsp3) is 0.500. The number of likely N-dealkylation sites (tertiary alicyclic amines) is 2. The van der Waals surface area contributed by atoms with Crippen LogP contribution >= 0.6 is 0 Å². The fourth-order valence-corrected chi connectivity index (χ4v) is 5.86. The molecule has 2 aliphatic rings. The van der Waals surface area contributed by atoms with E-state index < -0.39 is 52.5 Å². The number of hydrogen-bond donors (Lipinski definition) is 1. The highest BCUT2D eigenvalue weighted by Gasteiger charge is 2.71. The summed E-state index contributed by atoms with van der Waals surface area (Å²) in [6.45, 7) is 3.87. The Bertz CT molecular complexity index is 1360. The van der Waals surface area contributed by atoms with Crippen molar-refractivity contribution in [1.82, 2.24) is 9.80 Å². The Kier molecular flexibility index (Phi) is 8.59. The van der Waals surface area contributed by atoms with Crippen molar-refractivity contribution in [1.29, 1.82) is 5.26 Å². The summed E-state index contributed by atoms with van der Waals surface area (Å²) in [5.74, 6) is -2.47. The van der Waals surface area contributed by atoms with Crippen LogP contribution in [-0.4, -0.2) is 65.3 Å². The molecule has 1 N–H and O–H groups in total. The molecule has 0 spiro atoms. The van der Waals surface area contributed by atoms with Crippen LogP contribution in [0.4, 0.5) is 30.7 Å². The summed E-state index contributed by atoms with van der Waals surface area (Å²) < 4.78 is 94.0. The van der Waals surface area contributed by atoms with Crippen molar-refractivity contribution < 1.29 is 45.4 Å². The van der Waals surface area contributed by atoms with Gasteiger partial charge in [-0.15, -0.1) is 0 Å². The van der Waals surface area contributed by atoms with E-state index in [9.17, 15) is 50.7 Å². The number of hydrogen-bond acceptors (Lipinski definition) is 4. The summed E-state index contributed by atoms with van der Waals surface area (Å²) in [4.78, 5) is 29.3. The lowest BCUT2D eigenvalue weighted by atomic mass is 9.82. The molecule has 4 rings (SSSR count). The summed E-state index contributed by atoms with van der Waals surface area (Å²) in [7, 11) is 0. The maximum Gasteiger partial charge on any atom is 0.430 e. The summed E-state index contributed by atoms with van der Waals surface area (Å²) in [6, 6.07) is 10.8. The zero-order chi connectivity index (χ0) is 32.0. The molecule has 2 saturated heterocycles. The average molecular weight is 614 g/mol. The minimum absolute atomic E-state index is 0.101. The number of alkyl halides is 6. The number of nitrogens with zero attached hydrogens (tertiary/aromatic N) is 3. The second kappa shape index (κ2) is 11.4. The smallest absolute Gasteiger partial charge is 0.369 e. The van der Waals surface area contributed by atoms with Gasteiger partial charge in [0.2, 0.25) is 11.8 Å². The predicted octanol–water partition coefficient (Wildman–Crippen LogP) is 5.64. The van der Waals surface area contributed by atoms with Crippen LogP contribution in [0, 0.1) is 28.5 Å². The highest BCUT2D eigenvalue weighted by molar-refractivity contribution is 5.85. The molecule has 0 saturated carbocycles. The third-order valence-electron chi connectivity index (χ3n) is 8.45. The monoisotopic (exact) mass is 613 g/mol.